The molecule has 6 atom stereocenters. The molecular weight excluding hydrogens is 474 g/mol. The summed E-state index contributed by atoms with van der Waals surface area (Å²) in [6, 6.07) is 6.70. The standard InChI is InChI=1S/C24H25N3O9/c25-24(26)27-13-5-6-34-8-14-18(30)20(32)21(33)23(35-14)36-22-11(13)7-12-15(19(22)31)17(29)10-4-2-1-3-9(10)16(12)28/h1-4,7,13-14,18,20-21,23,30-33H,5-6,8H2,(H4,25,26,27)/t13-,14-,18-,20+,21-,23-/m0/s1. The number of aliphatic hydroxyl groups excluding tert-OH is 3. The fourth-order valence-corrected chi connectivity index (χ4v) is 4.74. The molecule has 8 N–H and O–H groups in total. The number of aliphatic hydroxyl groups is 3. The van der Waals surface area contributed by atoms with Crippen molar-refractivity contribution in [1.82, 2.24) is 0 Å². The molecule has 3 aliphatic rings. The molecule has 0 saturated carbocycles. The van der Waals surface area contributed by atoms with Crippen LogP contribution < -0.4 is 16.2 Å². The molecule has 2 bridgehead atoms. The number of ether oxygens (including phenoxy) is 3. The number of carbonyl (C=O) groups is 2. The summed E-state index contributed by atoms with van der Waals surface area (Å²) < 4.78 is 17.1. The monoisotopic (exact) mass is 499 g/mol. The van der Waals surface area contributed by atoms with Crippen molar-refractivity contribution >= 4 is 17.5 Å². The minimum absolute atomic E-state index is 0.0599. The van der Waals surface area contributed by atoms with E-state index in [9.17, 15) is 30.0 Å². The van der Waals surface area contributed by atoms with Crippen molar-refractivity contribution in [2.45, 2.75) is 43.2 Å². The molecule has 2 aromatic carbocycles. The van der Waals surface area contributed by atoms with Crippen molar-refractivity contribution in [2.75, 3.05) is 13.2 Å². The fourth-order valence-electron chi connectivity index (χ4n) is 4.74. The largest absolute Gasteiger partial charge is 0.504 e. The predicted molar refractivity (Wildman–Crippen MR) is 123 cm³/mol. The maximum absolute atomic E-state index is 13.3. The molecule has 5 rings (SSSR count). The highest BCUT2D eigenvalue weighted by Gasteiger charge is 2.46. The lowest BCUT2D eigenvalue weighted by Crippen LogP contribution is -2.60. The van der Waals surface area contributed by atoms with Crippen LogP contribution in [-0.4, -0.2) is 81.9 Å². The van der Waals surface area contributed by atoms with Gasteiger partial charge in [0.25, 0.3) is 0 Å². The topological polar surface area (TPSA) is 207 Å². The van der Waals surface area contributed by atoms with E-state index in [0.717, 1.165) is 0 Å². The molecular formula is C24H25N3O9. The number of nitrogens with zero attached hydrogens (tertiary/aromatic N) is 1. The van der Waals surface area contributed by atoms with Gasteiger partial charge in [0.2, 0.25) is 6.29 Å². The van der Waals surface area contributed by atoms with Crippen LogP contribution in [0.4, 0.5) is 0 Å². The highest BCUT2D eigenvalue weighted by molar-refractivity contribution is 6.29. The van der Waals surface area contributed by atoms with Gasteiger partial charge in [-0.3, -0.25) is 9.59 Å². The number of phenols is 1. The van der Waals surface area contributed by atoms with Gasteiger partial charge in [-0.05, 0) is 12.5 Å². The third kappa shape index (κ3) is 3.88. The van der Waals surface area contributed by atoms with Crippen LogP contribution in [0, 0.1) is 0 Å². The Bertz CT molecular complexity index is 1260. The van der Waals surface area contributed by atoms with E-state index in [1.165, 1.54) is 18.2 Å². The van der Waals surface area contributed by atoms with Crippen LogP contribution in [0.15, 0.2) is 35.3 Å². The molecule has 36 heavy (non-hydrogen) atoms. The highest BCUT2D eigenvalue weighted by atomic mass is 16.7. The lowest BCUT2D eigenvalue weighted by atomic mass is 9.81. The van der Waals surface area contributed by atoms with E-state index in [4.69, 9.17) is 25.7 Å². The Balaban J connectivity index is 1.71. The number of nitrogens with two attached hydrogens (primary N) is 2. The summed E-state index contributed by atoms with van der Waals surface area (Å²) >= 11 is 0. The van der Waals surface area contributed by atoms with Crippen LogP contribution in [0.1, 0.15) is 49.9 Å². The number of aliphatic imine (C=N–C) groups is 1. The maximum atomic E-state index is 13.3. The number of ketones is 2. The highest BCUT2D eigenvalue weighted by Crippen LogP contribution is 2.46. The number of hydrogen-bond acceptors (Lipinski definition) is 10. The Kier molecular flexibility index (Phi) is 6.14. The molecule has 2 heterocycles. The minimum atomic E-state index is -1.72. The smallest absolute Gasteiger partial charge is 0.229 e. The number of guanidine groups is 1. The van der Waals surface area contributed by atoms with Crippen LogP contribution in [0.25, 0.3) is 0 Å². The van der Waals surface area contributed by atoms with Gasteiger partial charge in [0.1, 0.15) is 24.4 Å². The molecule has 0 spiro atoms. The van der Waals surface area contributed by atoms with E-state index < -0.39 is 54.1 Å². The van der Waals surface area contributed by atoms with Crippen molar-refractivity contribution in [2.24, 2.45) is 16.5 Å². The summed E-state index contributed by atoms with van der Waals surface area (Å²) in [6.07, 6.45) is -7.32. The number of fused-ring (bicyclic) bond motifs is 5. The Morgan fingerprint density at radius 3 is 2.36 bits per heavy atom. The summed E-state index contributed by atoms with van der Waals surface area (Å²) in [7, 11) is 0. The van der Waals surface area contributed by atoms with Crippen LogP contribution in [0.2, 0.25) is 0 Å². The first-order chi connectivity index (χ1) is 17.2. The molecule has 12 heteroatoms. The van der Waals surface area contributed by atoms with Crippen LogP contribution >= 0.6 is 0 Å². The molecule has 0 aromatic heterocycles. The first kappa shape index (κ1) is 24.2. The first-order valence-electron chi connectivity index (χ1n) is 11.3. The first-order valence-corrected chi connectivity index (χ1v) is 11.3. The van der Waals surface area contributed by atoms with E-state index in [1.54, 1.807) is 12.1 Å². The van der Waals surface area contributed by atoms with Gasteiger partial charge in [-0.25, -0.2) is 4.99 Å². The van der Waals surface area contributed by atoms with Crippen molar-refractivity contribution in [3.8, 4) is 11.5 Å². The number of phenolic OH excluding ortho intramolecular Hbond substituents is 1. The summed E-state index contributed by atoms with van der Waals surface area (Å²) in [5.41, 5.74) is 11.4. The fraction of sp³-hybridized carbons (Fsp3) is 0.375. The van der Waals surface area contributed by atoms with E-state index in [1.807, 2.05) is 0 Å². The molecule has 0 unspecified atom stereocenters. The van der Waals surface area contributed by atoms with E-state index in [-0.39, 0.29) is 59.2 Å². The lowest BCUT2D eigenvalue weighted by molar-refractivity contribution is -0.279. The van der Waals surface area contributed by atoms with Crippen LogP contribution in [0.5, 0.6) is 11.5 Å². The Morgan fingerprint density at radius 2 is 1.67 bits per heavy atom. The zero-order valence-corrected chi connectivity index (χ0v) is 18.9. The second-order valence-electron chi connectivity index (χ2n) is 8.84. The van der Waals surface area contributed by atoms with E-state index in [2.05, 4.69) is 4.99 Å². The number of carbonyl (C=O) groups excluding carboxylic acids is 2. The summed E-state index contributed by atoms with van der Waals surface area (Å²) in [5.74, 6) is -2.35. The van der Waals surface area contributed by atoms with Crippen molar-refractivity contribution in [1.29, 1.82) is 0 Å². The normalized spacial score (nSPS) is 29.6. The predicted octanol–water partition coefficient (Wildman–Crippen LogP) is -0.911. The number of hydrogen-bond donors (Lipinski definition) is 6. The quantitative estimate of drug-likeness (QED) is 0.178. The van der Waals surface area contributed by atoms with Gasteiger partial charge in [0.05, 0.1) is 18.2 Å². The number of aromatic hydroxyl groups is 1. The van der Waals surface area contributed by atoms with Gasteiger partial charge >= 0.3 is 0 Å². The Hall–Kier alpha value is -3.55. The van der Waals surface area contributed by atoms with Gasteiger partial charge in [-0.15, -0.1) is 0 Å². The second kappa shape index (κ2) is 9.15. The number of benzene rings is 2. The maximum Gasteiger partial charge on any atom is 0.229 e. The molecule has 0 amide bonds. The third-order valence-electron chi connectivity index (χ3n) is 6.56. The zero-order valence-electron chi connectivity index (χ0n) is 18.9. The van der Waals surface area contributed by atoms with Crippen LogP contribution in [0.3, 0.4) is 0 Å². The summed E-state index contributed by atoms with van der Waals surface area (Å²) in [5, 5.41) is 42.5. The SMILES string of the molecule is NC(N)=N[C@H]1CCOC[C@@H]2O[C@@H](Oc3c1cc1c(c3O)C(=O)c3ccccc3C1=O)[C@@H](O)[C@H](O)[C@H]2O. The molecule has 1 aliphatic carbocycles. The third-order valence-corrected chi connectivity index (χ3v) is 6.56. The molecule has 12 nitrogen and oxygen atoms in total. The molecule has 1 saturated heterocycles. The summed E-state index contributed by atoms with van der Waals surface area (Å²) in [4.78, 5) is 30.8. The van der Waals surface area contributed by atoms with Crippen molar-refractivity contribution < 1.29 is 44.2 Å². The number of rotatable bonds is 1. The Labute approximate surface area is 204 Å². The van der Waals surface area contributed by atoms with Gasteiger partial charge < -0.3 is 46.1 Å². The Morgan fingerprint density at radius 1 is 0.972 bits per heavy atom. The van der Waals surface area contributed by atoms with Crippen molar-refractivity contribution in [3.63, 3.8) is 0 Å². The van der Waals surface area contributed by atoms with E-state index >= 15 is 0 Å². The minimum Gasteiger partial charge on any atom is -0.504 e. The molecule has 2 aliphatic heterocycles. The second-order valence-corrected chi connectivity index (χ2v) is 8.84. The molecule has 190 valence electrons. The average molecular weight is 499 g/mol. The van der Waals surface area contributed by atoms with Gasteiger partial charge in [-0.1, -0.05) is 24.3 Å². The molecule has 1 fully saturated rings. The van der Waals surface area contributed by atoms with Gasteiger partial charge in [0, 0.05) is 28.9 Å². The van der Waals surface area contributed by atoms with Gasteiger partial charge in [-0.2, -0.15) is 0 Å². The van der Waals surface area contributed by atoms with E-state index in [0.29, 0.717) is 0 Å². The average Bonchev–Trinajstić information content (AvgIpc) is 2.88. The zero-order chi connectivity index (χ0) is 25.7. The lowest BCUT2D eigenvalue weighted by Gasteiger charge is -2.40. The van der Waals surface area contributed by atoms with Crippen LogP contribution in [-0.2, 0) is 9.47 Å². The summed E-state index contributed by atoms with van der Waals surface area (Å²) in [6.45, 7) is -0.0885. The van der Waals surface area contributed by atoms with Gasteiger partial charge in [0.15, 0.2) is 29.0 Å². The molecule has 2 aromatic rings. The van der Waals surface area contributed by atoms with Crippen molar-refractivity contribution in [3.05, 3.63) is 58.1 Å². The molecule has 0 radical (unpaired) electrons.